The number of thiazole rings is 1. The number of sulfone groups is 1. The van der Waals surface area contributed by atoms with E-state index < -0.39 is 9.84 Å². The number of amides is 1. The molecule has 0 unspecified atom stereocenters. The molecule has 27 heavy (non-hydrogen) atoms. The first kappa shape index (κ1) is 19.5. The highest BCUT2D eigenvalue weighted by Crippen LogP contribution is 2.19. The van der Waals surface area contributed by atoms with Gasteiger partial charge in [0.05, 0.1) is 22.0 Å². The SMILES string of the molecule is CS(=O)(=O)c1ccc(NC(=O)Cc2csc(Cc3cccc(Cl)c3)n2)cc1. The summed E-state index contributed by atoms with van der Waals surface area (Å²) in [5, 5.41) is 6.22. The Kier molecular flexibility index (Phi) is 5.94. The third kappa shape index (κ3) is 5.63. The lowest BCUT2D eigenvalue weighted by atomic mass is 10.2. The topological polar surface area (TPSA) is 76.1 Å². The number of carbonyl (C=O) groups is 1. The lowest BCUT2D eigenvalue weighted by Crippen LogP contribution is -2.14. The molecule has 5 nitrogen and oxygen atoms in total. The van der Waals surface area contributed by atoms with E-state index in [4.69, 9.17) is 11.6 Å². The quantitative estimate of drug-likeness (QED) is 0.654. The zero-order valence-corrected chi connectivity index (χ0v) is 16.9. The van der Waals surface area contributed by atoms with E-state index in [1.807, 2.05) is 29.6 Å². The van der Waals surface area contributed by atoms with Gasteiger partial charge >= 0.3 is 0 Å². The van der Waals surface area contributed by atoms with Gasteiger partial charge in [0.25, 0.3) is 0 Å². The molecular weight excluding hydrogens is 404 g/mol. The van der Waals surface area contributed by atoms with E-state index in [2.05, 4.69) is 10.3 Å². The number of benzene rings is 2. The second kappa shape index (κ2) is 8.21. The number of carbonyl (C=O) groups excluding carboxylic acids is 1. The highest BCUT2D eigenvalue weighted by Gasteiger charge is 2.10. The molecule has 0 saturated heterocycles. The Morgan fingerprint density at radius 2 is 1.93 bits per heavy atom. The van der Waals surface area contributed by atoms with E-state index in [0.29, 0.717) is 22.8 Å². The summed E-state index contributed by atoms with van der Waals surface area (Å²) in [5.41, 5.74) is 2.31. The summed E-state index contributed by atoms with van der Waals surface area (Å²) < 4.78 is 22.9. The number of rotatable bonds is 6. The summed E-state index contributed by atoms with van der Waals surface area (Å²) in [4.78, 5) is 16.9. The average Bonchev–Trinajstić information content (AvgIpc) is 3.01. The molecule has 1 aromatic heterocycles. The van der Waals surface area contributed by atoms with Gasteiger partial charge in [-0.3, -0.25) is 4.79 Å². The van der Waals surface area contributed by atoms with E-state index in [0.717, 1.165) is 16.8 Å². The van der Waals surface area contributed by atoms with Crippen LogP contribution in [-0.4, -0.2) is 25.6 Å². The fraction of sp³-hybridized carbons (Fsp3) is 0.158. The maximum atomic E-state index is 12.2. The number of nitrogens with one attached hydrogen (secondary N) is 1. The first-order chi connectivity index (χ1) is 12.8. The molecule has 0 bridgehead atoms. The number of halogens is 1. The number of nitrogens with zero attached hydrogens (tertiary/aromatic N) is 1. The number of aromatic nitrogens is 1. The van der Waals surface area contributed by atoms with E-state index >= 15 is 0 Å². The van der Waals surface area contributed by atoms with Crippen molar-refractivity contribution in [3.63, 3.8) is 0 Å². The molecule has 0 fully saturated rings. The van der Waals surface area contributed by atoms with Crippen LogP contribution in [0.3, 0.4) is 0 Å². The van der Waals surface area contributed by atoms with Crippen LogP contribution < -0.4 is 5.32 Å². The fourth-order valence-electron chi connectivity index (χ4n) is 2.49. The van der Waals surface area contributed by atoms with Crippen molar-refractivity contribution in [3.8, 4) is 0 Å². The van der Waals surface area contributed by atoms with Crippen molar-refractivity contribution in [1.29, 1.82) is 0 Å². The molecular formula is C19H17ClN2O3S2. The molecule has 8 heteroatoms. The minimum atomic E-state index is -3.25. The highest BCUT2D eigenvalue weighted by molar-refractivity contribution is 7.90. The van der Waals surface area contributed by atoms with Gasteiger partial charge in [0.2, 0.25) is 5.91 Å². The average molecular weight is 421 g/mol. The van der Waals surface area contributed by atoms with Gasteiger partial charge in [0.1, 0.15) is 0 Å². The Morgan fingerprint density at radius 1 is 1.19 bits per heavy atom. The van der Waals surface area contributed by atoms with Gasteiger partial charge in [0, 0.05) is 28.8 Å². The number of hydrogen-bond acceptors (Lipinski definition) is 5. The van der Waals surface area contributed by atoms with Gasteiger partial charge in [-0.05, 0) is 42.0 Å². The molecule has 1 amide bonds. The summed E-state index contributed by atoms with van der Waals surface area (Å²) in [7, 11) is -3.25. The van der Waals surface area contributed by atoms with Gasteiger partial charge in [-0.15, -0.1) is 11.3 Å². The van der Waals surface area contributed by atoms with E-state index in [9.17, 15) is 13.2 Å². The van der Waals surface area contributed by atoms with Crippen molar-refractivity contribution in [3.05, 3.63) is 75.2 Å². The van der Waals surface area contributed by atoms with Crippen LogP contribution in [0, 0.1) is 0 Å². The van der Waals surface area contributed by atoms with E-state index in [-0.39, 0.29) is 17.2 Å². The fourth-order valence-corrected chi connectivity index (χ4v) is 4.16. The van der Waals surface area contributed by atoms with Crippen molar-refractivity contribution in [2.24, 2.45) is 0 Å². The summed E-state index contributed by atoms with van der Waals surface area (Å²) in [6.45, 7) is 0. The minimum Gasteiger partial charge on any atom is -0.326 e. The second-order valence-corrected chi connectivity index (χ2v) is 9.46. The van der Waals surface area contributed by atoms with Crippen LogP contribution >= 0.6 is 22.9 Å². The molecule has 140 valence electrons. The maximum absolute atomic E-state index is 12.2. The van der Waals surface area contributed by atoms with Gasteiger partial charge < -0.3 is 5.32 Å². The first-order valence-corrected chi connectivity index (χ1v) is 11.2. The van der Waals surface area contributed by atoms with Gasteiger partial charge in [0.15, 0.2) is 9.84 Å². The predicted octanol–water partition coefficient (Wildman–Crippen LogP) is 3.97. The Bertz CT molecular complexity index is 1060. The third-order valence-corrected chi connectivity index (χ3v) is 6.01. The van der Waals surface area contributed by atoms with Crippen molar-refractivity contribution in [2.75, 3.05) is 11.6 Å². The summed E-state index contributed by atoms with van der Waals surface area (Å²) >= 11 is 7.50. The monoisotopic (exact) mass is 420 g/mol. The standard InChI is InChI=1S/C19H17ClN2O3S2/c1-27(24,25)17-7-5-15(6-8-17)21-18(23)11-16-12-26-19(22-16)10-13-3-2-4-14(20)9-13/h2-9,12H,10-11H2,1H3,(H,21,23). The molecule has 0 aliphatic heterocycles. The summed E-state index contributed by atoms with van der Waals surface area (Å²) in [5.74, 6) is -0.207. The smallest absolute Gasteiger partial charge is 0.230 e. The van der Waals surface area contributed by atoms with Gasteiger partial charge in [-0.2, -0.15) is 0 Å². The Hall–Kier alpha value is -2.22. The van der Waals surface area contributed by atoms with Crippen LogP contribution in [0.25, 0.3) is 0 Å². The second-order valence-electron chi connectivity index (χ2n) is 6.06. The third-order valence-electron chi connectivity index (χ3n) is 3.75. The number of anilines is 1. The molecule has 2 aromatic carbocycles. The molecule has 0 saturated carbocycles. The van der Waals surface area contributed by atoms with Crippen LogP contribution in [0.15, 0.2) is 58.8 Å². The van der Waals surface area contributed by atoms with Crippen LogP contribution in [0.5, 0.6) is 0 Å². The van der Waals surface area contributed by atoms with Crippen LogP contribution in [0.4, 0.5) is 5.69 Å². The van der Waals surface area contributed by atoms with Crippen molar-refractivity contribution in [1.82, 2.24) is 4.98 Å². The van der Waals surface area contributed by atoms with Crippen LogP contribution in [0.2, 0.25) is 5.02 Å². The Morgan fingerprint density at radius 3 is 2.59 bits per heavy atom. The molecule has 1 heterocycles. The van der Waals surface area contributed by atoms with Crippen molar-refractivity contribution in [2.45, 2.75) is 17.7 Å². The molecule has 3 aromatic rings. The Balaban J connectivity index is 1.59. The lowest BCUT2D eigenvalue weighted by Gasteiger charge is -2.05. The normalized spacial score (nSPS) is 11.3. The van der Waals surface area contributed by atoms with E-state index in [1.165, 1.54) is 23.5 Å². The maximum Gasteiger partial charge on any atom is 0.230 e. The van der Waals surface area contributed by atoms with Crippen molar-refractivity contribution >= 4 is 44.4 Å². The minimum absolute atomic E-state index is 0.153. The lowest BCUT2D eigenvalue weighted by molar-refractivity contribution is -0.115. The van der Waals surface area contributed by atoms with Gasteiger partial charge in [-0.1, -0.05) is 23.7 Å². The highest BCUT2D eigenvalue weighted by atomic mass is 35.5. The molecule has 0 radical (unpaired) electrons. The molecule has 3 rings (SSSR count). The number of hydrogen-bond donors (Lipinski definition) is 1. The zero-order chi connectivity index (χ0) is 19.4. The molecule has 0 atom stereocenters. The molecule has 1 N–H and O–H groups in total. The van der Waals surface area contributed by atoms with Crippen LogP contribution in [-0.2, 0) is 27.5 Å². The van der Waals surface area contributed by atoms with Gasteiger partial charge in [-0.25, -0.2) is 13.4 Å². The molecule has 0 spiro atoms. The van der Waals surface area contributed by atoms with Crippen molar-refractivity contribution < 1.29 is 13.2 Å². The predicted molar refractivity (Wildman–Crippen MR) is 108 cm³/mol. The zero-order valence-electron chi connectivity index (χ0n) is 14.5. The first-order valence-electron chi connectivity index (χ1n) is 8.07. The summed E-state index contributed by atoms with van der Waals surface area (Å²) in [6.07, 6.45) is 1.96. The molecule has 0 aliphatic rings. The Labute approximate surface area is 167 Å². The largest absolute Gasteiger partial charge is 0.326 e. The molecule has 0 aliphatic carbocycles. The van der Waals surface area contributed by atoms with Crippen LogP contribution in [0.1, 0.15) is 16.3 Å². The summed E-state index contributed by atoms with van der Waals surface area (Å²) in [6, 6.07) is 13.7. The van der Waals surface area contributed by atoms with E-state index in [1.54, 1.807) is 12.1 Å².